The van der Waals surface area contributed by atoms with Gasteiger partial charge in [-0.3, -0.25) is 19.2 Å². The minimum atomic E-state index is -1.00. The first-order valence-corrected chi connectivity index (χ1v) is 9.10. The molecule has 0 amide bonds. The summed E-state index contributed by atoms with van der Waals surface area (Å²) in [5.74, 6) is -3.61. The zero-order valence-corrected chi connectivity index (χ0v) is 14.2. The van der Waals surface area contributed by atoms with Gasteiger partial charge in [-0.15, -0.1) is 7.92 Å². The van der Waals surface area contributed by atoms with E-state index in [4.69, 9.17) is 26.2 Å². The fourth-order valence-corrected chi connectivity index (χ4v) is 3.52. The highest BCUT2D eigenvalue weighted by molar-refractivity contribution is 7.80. The van der Waals surface area contributed by atoms with Crippen LogP contribution in [0.5, 0.6) is 0 Å². The Bertz CT molecular complexity index is 364. The molecule has 0 aromatic rings. The van der Waals surface area contributed by atoms with Crippen molar-refractivity contribution in [3.63, 3.8) is 0 Å². The summed E-state index contributed by atoms with van der Waals surface area (Å²) in [7, 11) is -0.801. The number of carboxylic acids is 4. The van der Waals surface area contributed by atoms with Crippen molar-refractivity contribution < 1.29 is 39.6 Å². The number of nitrogens with two attached hydrogens (primary N) is 1. The second kappa shape index (κ2) is 14.2. The van der Waals surface area contributed by atoms with Gasteiger partial charge in [0.2, 0.25) is 0 Å². The number of aliphatic carboxylic acids is 4. The molecular formula is C12H22NO8PS. The molecule has 6 N–H and O–H groups in total. The Labute approximate surface area is 140 Å². The van der Waals surface area contributed by atoms with Gasteiger partial charge in [-0.1, -0.05) is 0 Å². The molecule has 0 aromatic heterocycles. The van der Waals surface area contributed by atoms with Gasteiger partial charge in [0, 0.05) is 25.0 Å². The number of carbonyl (C=O) groups is 4. The van der Waals surface area contributed by atoms with E-state index in [2.05, 4.69) is 12.6 Å². The highest BCUT2D eigenvalue weighted by atomic mass is 32.1. The van der Waals surface area contributed by atoms with Gasteiger partial charge < -0.3 is 26.2 Å². The molecule has 1 atom stereocenters. The predicted octanol–water partition coefficient (Wildman–Crippen LogP) is 0.220. The van der Waals surface area contributed by atoms with E-state index in [1.165, 1.54) is 0 Å². The Hall–Kier alpha value is -1.38. The maximum Gasteiger partial charge on any atom is 0.321 e. The number of thiol groups is 1. The van der Waals surface area contributed by atoms with Crippen molar-refractivity contribution in [1.82, 2.24) is 0 Å². The molecule has 0 aliphatic heterocycles. The third-order valence-electron chi connectivity index (χ3n) is 2.44. The summed E-state index contributed by atoms with van der Waals surface area (Å²) in [5.41, 5.74) is 4.94. The zero-order valence-electron chi connectivity index (χ0n) is 12.4. The van der Waals surface area contributed by atoms with Crippen LogP contribution in [0.1, 0.15) is 19.3 Å². The lowest BCUT2D eigenvalue weighted by molar-refractivity contribution is -0.138. The van der Waals surface area contributed by atoms with Crippen molar-refractivity contribution in [1.29, 1.82) is 0 Å². The van der Waals surface area contributed by atoms with Crippen LogP contribution in [0.25, 0.3) is 0 Å². The van der Waals surface area contributed by atoms with Gasteiger partial charge >= 0.3 is 23.9 Å². The molecular weight excluding hydrogens is 349 g/mol. The van der Waals surface area contributed by atoms with Gasteiger partial charge in [-0.05, 0) is 18.5 Å². The van der Waals surface area contributed by atoms with Crippen LogP contribution in [0.4, 0.5) is 0 Å². The first kappa shape index (κ1) is 23.9. The van der Waals surface area contributed by atoms with E-state index in [0.29, 0.717) is 18.5 Å². The lowest BCUT2D eigenvalue weighted by atomic mass is 10.4. The number of carboxylic acid groups (broad SMARTS) is 4. The van der Waals surface area contributed by atoms with E-state index >= 15 is 0 Å². The van der Waals surface area contributed by atoms with Crippen LogP contribution in [0.15, 0.2) is 0 Å². The highest BCUT2D eigenvalue weighted by Gasteiger charge is 2.13. The molecule has 1 unspecified atom stereocenters. The first-order chi connectivity index (χ1) is 10.6. The number of hydrogen-bond donors (Lipinski definition) is 6. The molecule has 0 spiro atoms. The predicted molar refractivity (Wildman–Crippen MR) is 87.7 cm³/mol. The normalized spacial score (nSPS) is 11.3. The molecule has 0 bridgehead atoms. The summed E-state index contributed by atoms with van der Waals surface area (Å²) in [6.07, 6.45) is 1.11. The molecule has 0 rings (SSSR count). The van der Waals surface area contributed by atoms with Gasteiger partial charge in [0.15, 0.2) is 0 Å². The minimum Gasteiger partial charge on any atom is -0.481 e. The third-order valence-corrected chi connectivity index (χ3v) is 5.40. The maximum absolute atomic E-state index is 10.4. The monoisotopic (exact) mass is 371 g/mol. The van der Waals surface area contributed by atoms with Crippen LogP contribution >= 0.6 is 20.6 Å². The molecule has 0 saturated carbocycles. The molecule has 0 aromatic carbocycles. The van der Waals surface area contributed by atoms with Crippen molar-refractivity contribution in [2.75, 3.05) is 24.2 Å². The van der Waals surface area contributed by atoms with Crippen LogP contribution in [0.2, 0.25) is 0 Å². The molecule has 0 aliphatic rings. The van der Waals surface area contributed by atoms with Crippen LogP contribution in [-0.4, -0.2) is 74.6 Å². The van der Waals surface area contributed by atoms with Gasteiger partial charge in [0.25, 0.3) is 0 Å². The lowest BCUT2D eigenvalue weighted by Gasteiger charge is -2.14. The molecule has 23 heavy (non-hydrogen) atoms. The summed E-state index contributed by atoms with van der Waals surface area (Å²) in [4.78, 5) is 40.8. The van der Waals surface area contributed by atoms with Crippen molar-refractivity contribution in [3.05, 3.63) is 0 Å². The molecule has 0 aliphatic carbocycles. The number of rotatable bonds is 11. The summed E-state index contributed by atoms with van der Waals surface area (Å²) in [6.45, 7) is 0. The molecule has 11 heteroatoms. The average molecular weight is 371 g/mol. The number of hydrogen-bond acceptors (Lipinski definition) is 6. The van der Waals surface area contributed by atoms with E-state index < -0.39 is 37.8 Å². The Morgan fingerprint density at radius 2 is 1.13 bits per heavy atom. The van der Waals surface area contributed by atoms with E-state index in [-0.39, 0.29) is 25.0 Å². The summed E-state index contributed by atoms with van der Waals surface area (Å²) < 4.78 is 0. The van der Waals surface area contributed by atoms with Crippen molar-refractivity contribution in [2.45, 2.75) is 25.3 Å². The molecule has 0 heterocycles. The van der Waals surface area contributed by atoms with Crippen molar-refractivity contribution in [2.24, 2.45) is 5.73 Å². The second-order valence-corrected chi connectivity index (χ2v) is 7.45. The van der Waals surface area contributed by atoms with E-state index in [0.717, 1.165) is 0 Å². The summed E-state index contributed by atoms with van der Waals surface area (Å²) in [6, 6.07) is -0.816. The van der Waals surface area contributed by atoms with E-state index in [1.807, 2.05) is 0 Å². The topological polar surface area (TPSA) is 175 Å². The second-order valence-electron chi connectivity index (χ2n) is 4.40. The summed E-state index contributed by atoms with van der Waals surface area (Å²) >= 11 is 3.65. The maximum atomic E-state index is 10.4. The molecule has 0 saturated heterocycles. The first-order valence-electron chi connectivity index (χ1n) is 6.57. The Morgan fingerprint density at radius 3 is 1.26 bits per heavy atom. The quantitative estimate of drug-likeness (QED) is 0.219. The average Bonchev–Trinajstić information content (AvgIpc) is 2.45. The summed E-state index contributed by atoms with van der Waals surface area (Å²) in [5, 5.41) is 33.5. The van der Waals surface area contributed by atoms with Gasteiger partial charge in [0.1, 0.15) is 6.04 Å². The largest absolute Gasteiger partial charge is 0.481 e. The molecule has 134 valence electrons. The van der Waals surface area contributed by atoms with Crippen LogP contribution in [-0.2, 0) is 19.2 Å². The van der Waals surface area contributed by atoms with Crippen LogP contribution in [0, 0.1) is 0 Å². The smallest absolute Gasteiger partial charge is 0.321 e. The molecule has 0 fully saturated rings. The van der Waals surface area contributed by atoms with Crippen molar-refractivity contribution >= 4 is 44.4 Å². The van der Waals surface area contributed by atoms with E-state index in [9.17, 15) is 19.2 Å². The van der Waals surface area contributed by atoms with Gasteiger partial charge in [-0.2, -0.15) is 12.6 Å². The van der Waals surface area contributed by atoms with Gasteiger partial charge in [-0.25, -0.2) is 0 Å². The fraction of sp³-hybridized carbons (Fsp3) is 0.667. The highest BCUT2D eigenvalue weighted by Crippen LogP contribution is 2.37. The standard InChI is InChI=1S/C9H15O6P.C3H7NO2S/c10-7(11)1-4-16(5-2-8(12)13)6-3-9(14)15;4-2(1-7)3(5)6/h1-6H2,(H,10,11)(H,12,13)(H,14,15);2,7H,1,4H2,(H,5,6). The lowest BCUT2D eigenvalue weighted by Crippen LogP contribution is -2.31. The minimum absolute atomic E-state index is 0.0229. The SMILES string of the molecule is NC(CS)C(=O)O.O=C(O)CCP(CCC(=O)O)CCC(=O)O. The molecule has 0 radical (unpaired) electrons. The zero-order chi connectivity index (χ0) is 18.4. The van der Waals surface area contributed by atoms with Gasteiger partial charge in [0.05, 0.1) is 0 Å². The third kappa shape index (κ3) is 18.6. The van der Waals surface area contributed by atoms with Crippen molar-refractivity contribution in [3.8, 4) is 0 Å². The van der Waals surface area contributed by atoms with E-state index in [1.54, 1.807) is 0 Å². The van der Waals surface area contributed by atoms with Crippen LogP contribution < -0.4 is 5.73 Å². The van der Waals surface area contributed by atoms with Crippen LogP contribution in [0.3, 0.4) is 0 Å². The fourth-order valence-electron chi connectivity index (χ4n) is 1.17. The molecule has 9 nitrogen and oxygen atoms in total. The Morgan fingerprint density at radius 1 is 0.826 bits per heavy atom. The Kier molecular flexibility index (Phi) is 14.8. The Balaban J connectivity index is 0.